The largest absolute Gasteiger partial charge is 0.492 e. The number of fused-ring (bicyclic) bond motifs is 1. The molecule has 0 heterocycles. The van der Waals surface area contributed by atoms with Crippen LogP contribution in [0.3, 0.4) is 0 Å². The van der Waals surface area contributed by atoms with Crippen LogP contribution in [0.5, 0.6) is 5.75 Å². The third-order valence-corrected chi connectivity index (χ3v) is 3.18. The van der Waals surface area contributed by atoms with Gasteiger partial charge in [0.15, 0.2) is 0 Å². The molecule has 0 amide bonds. The molecule has 4 nitrogen and oxygen atoms in total. The molecule has 1 aliphatic carbocycles. The quantitative estimate of drug-likeness (QED) is 0.656. The number of hydrogen-bond acceptors (Lipinski definition) is 4. The van der Waals surface area contributed by atoms with Crippen LogP contribution < -0.4 is 4.74 Å². The fourth-order valence-corrected chi connectivity index (χ4v) is 2.16. The molecule has 0 radical (unpaired) electrons. The van der Waals surface area contributed by atoms with Gasteiger partial charge >= 0.3 is 0 Å². The van der Waals surface area contributed by atoms with Crippen LogP contribution in [0.2, 0.25) is 0 Å². The van der Waals surface area contributed by atoms with Gasteiger partial charge in [0.1, 0.15) is 12.4 Å². The fraction of sp³-hybridized carbons (Fsp3) is 0.500. The number of rotatable bonds is 4. The molecule has 0 bridgehead atoms. The van der Waals surface area contributed by atoms with Crippen molar-refractivity contribution in [2.75, 3.05) is 27.2 Å². The fourth-order valence-electron chi connectivity index (χ4n) is 2.16. The minimum absolute atomic E-state index is 0.664. The standard InChI is InChI=1S/C14H20N2O2/c1-16(2)8-9-18-12-7-6-11-4-3-5-14(15-17)13(11)10-12/h6-7,10,17H,3-5,8-9H2,1-2H3/b15-14-. The van der Waals surface area contributed by atoms with Crippen LogP contribution in [0.1, 0.15) is 24.0 Å². The van der Waals surface area contributed by atoms with Gasteiger partial charge in [0.05, 0.1) is 5.71 Å². The Hall–Kier alpha value is -1.55. The first kappa shape index (κ1) is 12.9. The molecule has 1 aromatic carbocycles. The zero-order valence-corrected chi connectivity index (χ0v) is 11.0. The maximum atomic E-state index is 9.02. The van der Waals surface area contributed by atoms with Gasteiger partial charge < -0.3 is 14.8 Å². The molecule has 0 atom stereocenters. The SMILES string of the molecule is CN(C)CCOc1ccc2c(c1)/C(=N\O)CCC2. The van der Waals surface area contributed by atoms with Gasteiger partial charge in [0, 0.05) is 12.1 Å². The van der Waals surface area contributed by atoms with Gasteiger partial charge in [-0.15, -0.1) is 0 Å². The molecule has 0 aromatic heterocycles. The second-order valence-corrected chi connectivity index (χ2v) is 4.87. The van der Waals surface area contributed by atoms with Crippen molar-refractivity contribution in [1.29, 1.82) is 0 Å². The molecule has 4 heteroatoms. The number of oxime groups is 1. The average Bonchev–Trinajstić information content (AvgIpc) is 2.37. The highest BCUT2D eigenvalue weighted by Gasteiger charge is 2.16. The second-order valence-electron chi connectivity index (χ2n) is 4.87. The Balaban J connectivity index is 2.10. The van der Waals surface area contributed by atoms with Gasteiger partial charge in [0.2, 0.25) is 0 Å². The van der Waals surface area contributed by atoms with Gasteiger partial charge in [-0.05, 0) is 51.1 Å². The minimum Gasteiger partial charge on any atom is -0.492 e. The van der Waals surface area contributed by atoms with Crippen molar-refractivity contribution in [1.82, 2.24) is 4.90 Å². The summed E-state index contributed by atoms with van der Waals surface area (Å²) in [7, 11) is 4.04. The Morgan fingerprint density at radius 1 is 1.33 bits per heavy atom. The van der Waals surface area contributed by atoms with E-state index in [4.69, 9.17) is 9.94 Å². The lowest BCUT2D eigenvalue weighted by molar-refractivity contribution is 0.261. The highest BCUT2D eigenvalue weighted by atomic mass is 16.5. The molecule has 0 aliphatic heterocycles. The number of benzene rings is 1. The van der Waals surface area contributed by atoms with Gasteiger partial charge in [0.25, 0.3) is 0 Å². The number of aryl methyl sites for hydroxylation is 1. The van der Waals surface area contributed by atoms with Crippen LogP contribution in [0.4, 0.5) is 0 Å². The van der Waals surface area contributed by atoms with Crippen molar-refractivity contribution in [3.8, 4) is 5.75 Å². The van der Waals surface area contributed by atoms with Crippen molar-refractivity contribution in [2.24, 2.45) is 5.16 Å². The van der Waals surface area contributed by atoms with E-state index in [0.717, 1.165) is 42.8 Å². The summed E-state index contributed by atoms with van der Waals surface area (Å²) < 4.78 is 5.70. The van der Waals surface area contributed by atoms with Gasteiger partial charge in [-0.3, -0.25) is 0 Å². The van der Waals surface area contributed by atoms with E-state index in [1.165, 1.54) is 5.56 Å². The first-order valence-electron chi connectivity index (χ1n) is 6.32. The molecule has 1 aliphatic rings. The number of likely N-dealkylation sites (N-methyl/N-ethyl adjacent to an activating group) is 1. The predicted molar refractivity (Wildman–Crippen MR) is 71.8 cm³/mol. The van der Waals surface area contributed by atoms with E-state index in [0.29, 0.717) is 6.61 Å². The van der Waals surface area contributed by atoms with E-state index in [1.807, 2.05) is 26.2 Å². The second kappa shape index (κ2) is 5.87. The predicted octanol–water partition coefficient (Wildman–Crippen LogP) is 2.14. The summed E-state index contributed by atoms with van der Waals surface area (Å²) in [5, 5.41) is 12.4. The molecule has 1 N–H and O–H groups in total. The van der Waals surface area contributed by atoms with Gasteiger partial charge in [-0.2, -0.15) is 0 Å². The van der Waals surface area contributed by atoms with E-state index in [1.54, 1.807) is 0 Å². The third kappa shape index (κ3) is 3.01. The summed E-state index contributed by atoms with van der Waals surface area (Å²) >= 11 is 0. The molecule has 1 aromatic rings. The molecule has 98 valence electrons. The Kier molecular flexibility index (Phi) is 4.20. The average molecular weight is 248 g/mol. The van der Waals surface area contributed by atoms with E-state index in [2.05, 4.69) is 16.1 Å². The molecular weight excluding hydrogens is 228 g/mol. The normalized spacial score (nSPS) is 16.9. The molecule has 0 spiro atoms. The van der Waals surface area contributed by atoms with Crippen LogP contribution >= 0.6 is 0 Å². The highest BCUT2D eigenvalue weighted by Crippen LogP contribution is 2.25. The maximum Gasteiger partial charge on any atom is 0.120 e. The molecule has 0 unspecified atom stereocenters. The smallest absolute Gasteiger partial charge is 0.120 e. The number of nitrogens with zero attached hydrogens (tertiary/aromatic N) is 2. The zero-order valence-electron chi connectivity index (χ0n) is 11.0. The third-order valence-electron chi connectivity index (χ3n) is 3.18. The van der Waals surface area contributed by atoms with E-state index in [-0.39, 0.29) is 0 Å². The van der Waals surface area contributed by atoms with E-state index >= 15 is 0 Å². The Morgan fingerprint density at radius 3 is 2.89 bits per heavy atom. The van der Waals surface area contributed by atoms with Crippen LogP contribution in [0.25, 0.3) is 0 Å². The van der Waals surface area contributed by atoms with Crippen molar-refractivity contribution in [2.45, 2.75) is 19.3 Å². The van der Waals surface area contributed by atoms with Crippen LogP contribution in [-0.2, 0) is 6.42 Å². The highest BCUT2D eigenvalue weighted by molar-refractivity contribution is 6.02. The molecule has 0 fully saturated rings. The van der Waals surface area contributed by atoms with Crippen molar-refractivity contribution >= 4 is 5.71 Å². The summed E-state index contributed by atoms with van der Waals surface area (Å²) in [4.78, 5) is 2.08. The van der Waals surface area contributed by atoms with Gasteiger partial charge in [-0.1, -0.05) is 11.2 Å². The van der Waals surface area contributed by atoms with Crippen molar-refractivity contribution in [3.05, 3.63) is 29.3 Å². The number of hydrogen-bond donors (Lipinski definition) is 1. The monoisotopic (exact) mass is 248 g/mol. The molecule has 0 saturated heterocycles. The number of ether oxygens (including phenoxy) is 1. The van der Waals surface area contributed by atoms with Crippen LogP contribution in [0, 0.1) is 0 Å². The van der Waals surface area contributed by atoms with Crippen LogP contribution in [-0.4, -0.2) is 43.1 Å². The molecule has 0 saturated carbocycles. The minimum atomic E-state index is 0.664. The van der Waals surface area contributed by atoms with Crippen molar-refractivity contribution in [3.63, 3.8) is 0 Å². The lowest BCUT2D eigenvalue weighted by Gasteiger charge is -2.18. The first-order valence-corrected chi connectivity index (χ1v) is 6.32. The Bertz CT molecular complexity index is 441. The van der Waals surface area contributed by atoms with E-state index < -0.39 is 0 Å². The van der Waals surface area contributed by atoms with E-state index in [9.17, 15) is 0 Å². The lowest BCUT2D eigenvalue weighted by atomic mass is 9.90. The first-order chi connectivity index (χ1) is 8.70. The lowest BCUT2D eigenvalue weighted by Crippen LogP contribution is -2.19. The summed E-state index contributed by atoms with van der Waals surface area (Å²) in [6.07, 6.45) is 2.93. The van der Waals surface area contributed by atoms with Crippen LogP contribution in [0.15, 0.2) is 23.4 Å². The Labute approximate surface area is 108 Å². The summed E-state index contributed by atoms with van der Waals surface area (Å²) in [6, 6.07) is 6.05. The Morgan fingerprint density at radius 2 is 2.17 bits per heavy atom. The molecule has 18 heavy (non-hydrogen) atoms. The molecule has 2 rings (SSSR count). The summed E-state index contributed by atoms with van der Waals surface area (Å²) in [6.45, 7) is 1.55. The zero-order chi connectivity index (χ0) is 13.0. The topological polar surface area (TPSA) is 45.1 Å². The molecular formula is C14H20N2O2. The summed E-state index contributed by atoms with van der Waals surface area (Å²) in [5.41, 5.74) is 3.05. The van der Waals surface area contributed by atoms with Crippen molar-refractivity contribution < 1.29 is 9.94 Å². The maximum absolute atomic E-state index is 9.02. The summed E-state index contributed by atoms with van der Waals surface area (Å²) in [5.74, 6) is 0.846. The van der Waals surface area contributed by atoms with Gasteiger partial charge in [-0.25, -0.2) is 0 Å².